The van der Waals surface area contributed by atoms with Crippen molar-refractivity contribution in [1.82, 2.24) is 0 Å². The van der Waals surface area contributed by atoms with Crippen molar-refractivity contribution < 1.29 is 19.1 Å². The fraction of sp³-hybridized carbons (Fsp3) is 0.500. The number of ether oxygens (including phenoxy) is 2. The van der Waals surface area contributed by atoms with Crippen LogP contribution in [-0.2, 0) is 20.7 Å². The lowest BCUT2D eigenvalue weighted by molar-refractivity contribution is -0.158. The molecule has 0 aliphatic heterocycles. The van der Waals surface area contributed by atoms with Crippen LogP contribution in [0.4, 0.5) is 0 Å². The highest BCUT2D eigenvalue weighted by atomic mass is 35.5. The fourth-order valence-electron chi connectivity index (χ4n) is 1.80. The number of carbonyl (C=O) groups is 2. The highest BCUT2D eigenvalue weighted by Gasteiger charge is 2.31. The highest BCUT2D eigenvalue weighted by Crippen LogP contribution is 2.21. The molecule has 0 saturated carbocycles. The van der Waals surface area contributed by atoms with Gasteiger partial charge in [-0.1, -0.05) is 12.1 Å². The molecule has 1 rings (SSSR count). The molecule has 0 aliphatic rings. The minimum absolute atomic E-state index is 0.314. The first-order chi connectivity index (χ1) is 9.85. The quantitative estimate of drug-likeness (QED) is 0.419. The molecule has 0 saturated heterocycles. The molecule has 21 heavy (non-hydrogen) atoms. The normalized spacial score (nSPS) is 11.0. The standard InChI is InChI=1S/C16H21ClO4/c1-4-20-15(19)16(2,3)21-13-10-8-12(9-11-13)6-5-7-14(17)18/h8-11H,4-7H2,1-3H3/i14+1. The van der Waals surface area contributed by atoms with Crippen LogP contribution in [0, 0.1) is 0 Å². The maximum absolute atomic E-state index is 11.7. The van der Waals surface area contributed by atoms with Crippen molar-refractivity contribution in [2.45, 2.75) is 45.6 Å². The van der Waals surface area contributed by atoms with Gasteiger partial charge in [0.2, 0.25) is 5.24 Å². The topological polar surface area (TPSA) is 52.6 Å². The maximum atomic E-state index is 11.7. The van der Waals surface area contributed by atoms with E-state index in [1.54, 1.807) is 32.9 Å². The monoisotopic (exact) mass is 313 g/mol. The van der Waals surface area contributed by atoms with Crippen LogP contribution in [0.25, 0.3) is 0 Å². The van der Waals surface area contributed by atoms with Crippen LogP contribution in [-0.4, -0.2) is 23.4 Å². The number of benzene rings is 1. The van der Waals surface area contributed by atoms with Gasteiger partial charge in [-0.15, -0.1) is 0 Å². The lowest BCUT2D eigenvalue weighted by Gasteiger charge is -2.24. The van der Waals surface area contributed by atoms with Crippen LogP contribution in [0.1, 0.15) is 39.2 Å². The number of rotatable bonds is 8. The van der Waals surface area contributed by atoms with Gasteiger partial charge in [0.1, 0.15) is 5.75 Å². The van der Waals surface area contributed by atoms with E-state index >= 15 is 0 Å². The Labute approximate surface area is 130 Å². The van der Waals surface area contributed by atoms with E-state index in [2.05, 4.69) is 0 Å². The van der Waals surface area contributed by atoms with Crippen molar-refractivity contribution in [3.8, 4) is 5.75 Å². The largest absolute Gasteiger partial charge is 0.476 e. The first kappa shape index (κ1) is 17.5. The summed E-state index contributed by atoms with van der Waals surface area (Å²) >= 11 is 5.29. The van der Waals surface area contributed by atoms with E-state index in [0.29, 0.717) is 18.8 Å². The summed E-state index contributed by atoms with van der Waals surface area (Å²) in [5, 5.41) is -0.314. The van der Waals surface area contributed by atoms with Gasteiger partial charge in [0.05, 0.1) is 6.61 Å². The van der Waals surface area contributed by atoms with Gasteiger partial charge in [0.25, 0.3) is 0 Å². The van der Waals surface area contributed by atoms with Crippen molar-refractivity contribution in [3.05, 3.63) is 29.8 Å². The van der Waals surface area contributed by atoms with Gasteiger partial charge < -0.3 is 9.47 Å². The van der Waals surface area contributed by atoms with E-state index in [-0.39, 0.29) is 5.24 Å². The van der Waals surface area contributed by atoms with Gasteiger partial charge in [0.15, 0.2) is 5.60 Å². The molecular formula is C16H21ClO4. The van der Waals surface area contributed by atoms with Crippen LogP contribution in [0.2, 0.25) is 0 Å². The van der Waals surface area contributed by atoms with E-state index in [9.17, 15) is 9.59 Å². The Bertz CT molecular complexity index is 480. The second-order valence-corrected chi connectivity index (χ2v) is 5.61. The van der Waals surface area contributed by atoms with Gasteiger partial charge in [-0.05, 0) is 62.9 Å². The molecule has 0 heterocycles. The summed E-state index contributed by atoms with van der Waals surface area (Å²) in [5.41, 5.74) is 0.0666. The molecule has 0 atom stereocenters. The zero-order chi connectivity index (χ0) is 15.9. The Morgan fingerprint density at radius 1 is 1.19 bits per heavy atom. The van der Waals surface area contributed by atoms with Crippen molar-refractivity contribution >= 4 is 22.8 Å². The Morgan fingerprint density at radius 2 is 1.81 bits per heavy atom. The average molecular weight is 314 g/mol. The minimum Gasteiger partial charge on any atom is -0.476 e. The second kappa shape index (κ2) is 8.03. The smallest absolute Gasteiger partial charge is 0.349 e. The molecule has 0 fully saturated rings. The van der Waals surface area contributed by atoms with Crippen molar-refractivity contribution in [3.63, 3.8) is 0 Å². The maximum Gasteiger partial charge on any atom is 0.349 e. The molecule has 0 radical (unpaired) electrons. The number of esters is 1. The van der Waals surface area contributed by atoms with Crippen LogP contribution in [0.15, 0.2) is 24.3 Å². The third kappa shape index (κ3) is 6.17. The van der Waals surface area contributed by atoms with Gasteiger partial charge in [-0.3, -0.25) is 4.79 Å². The predicted molar refractivity (Wildman–Crippen MR) is 81.6 cm³/mol. The average Bonchev–Trinajstić information content (AvgIpc) is 2.40. The van der Waals surface area contributed by atoms with Crippen LogP contribution in [0.3, 0.4) is 0 Å². The van der Waals surface area contributed by atoms with Gasteiger partial charge >= 0.3 is 5.97 Å². The minimum atomic E-state index is -1.03. The lowest BCUT2D eigenvalue weighted by atomic mass is 10.1. The first-order valence-electron chi connectivity index (χ1n) is 6.98. The van der Waals surface area contributed by atoms with Crippen molar-refractivity contribution in [2.24, 2.45) is 0 Å². The first-order valence-corrected chi connectivity index (χ1v) is 7.36. The molecule has 0 amide bonds. The SMILES string of the molecule is CCOC(=O)C(C)(C)Oc1ccc(CCC[13C](=O)Cl)cc1. The molecule has 1 aromatic rings. The van der Waals surface area contributed by atoms with E-state index < -0.39 is 11.6 Å². The molecule has 4 nitrogen and oxygen atoms in total. The number of carbonyl (C=O) groups excluding carboxylic acids is 2. The fourth-order valence-corrected chi connectivity index (χ4v) is 1.93. The summed E-state index contributed by atoms with van der Waals surface area (Å²) in [6.07, 6.45) is 1.87. The summed E-state index contributed by atoms with van der Waals surface area (Å²) in [7, 11) is 0. The Hall–Kier alpha value is -1.55. The summed E-state index contributed by atoms with van der Waals surface area (Å²) in [5.74, 6) is 0.208. The summed E-state index contributed by atoms with van der Waals surface area (Å²) in [6.45, 7) is 5.42. The van der Waals surface area contributed by atoms with Gasteiger partial charge in [-0.25, -0.2) is 4.79 Å². The second-order valence-electron chi connectivity index (χ2n) is 5.19. The third-order valence-corrected chi connectivity index (χ3v) is 3.09. The predicted octanol–water partition coefficient (Wildman–Crippen LogP) is 3.50. The third-order valence-electron chi connectivity index (χ3n) is 2.90. The molecule has 0 unspecified atom stereocenters. The molecule has 116 valence electrons. The van der Waals surface area contributed by atoms with E-state index in [4.69, 9.17) is 21.1 Å². The molecule has 0 N–H and O–H groups in total. The van der Waals surface area contributed by atoms with Crippen molar-refractivity contribution in [2.75, 3.05) is 6.61 Å². The van der Waals surface area contributed by atoms with E-state index in [1.165, 1.54) is 0 Å². The lowest BCUT2D eigenvalue weighted by Crippen LogP contribution is -2.39. The molecular weight excluding hydrogens is 293 g/mol. The summed E-state index contributed by atoms with van der Waals surface area (Å²) in [6, 6.07) is 7.43. The summed E-state index contributed by atoms with van der Waals surface area (Å²) in [4.78, 5) is 22.4. The van der Waals surface area contributed by atoms with Gasteiger partial charge in [0, 0.05) is 6.42 Å². The van der Waals surface area contributed by atoms with Crippen LogP contribution in [0.5, 0.6) is 5.75 Å². The highest BCUT2D eigenvalue weighted by molar-refractivity contribution is 6.63. The Kier molecular flexibility index (Phi) is 6.69. The summed E-state index contributed by atoms with van der Waals surface area (Å²) < 4.78 is 10.6. The Morgan fingerprint density at radius 3 is 2.33 bits per heavy atom. The van der Waals surface area contributed by atoms with Crippen LogP contribution >= 0.6 is 11.6 Å². The zero-order valence-corrected chi connectivity index (χ0v) is 13.4. The van der Waals surface area contributed by atoms with Crippen LogP contribution < -0.4 is 4.74 Å². The molecule has 0 spiro atoms. The molecule has 5 heteroatoms. The number of halogens is 1. The molecule has 0 aliphatic carbocycles. The number of hydrogen-bond acceptors (Lipinski definition) is 4. The molecule has 0 aromatic heterocycles. The van der Waals surface area contributed by atoms with E-state index in [1.807, 2.05) is 12.1 Å². The number of aryl methyl sites for hydroxylation is 1. The Balaban J connectivity index is 2.57. The van der Waals surface area contributed by atoms with Gasteiger partial charge in [-0.2, -0.15) is 0 Å². The zero-order valence-electron chi connectivity index (χ0n) is 12.6. The van der Waals surface area contributed by atoms with Crippen molar-refractivity contribution in [1.29, 1.82) is 0 Å². The molecule has 0 bridgehead atoms. The molecule has 1 aromatic carbocycles. The van der Waals surface area contributed by atoms with E-state index in [0.717, 1.165) is 18.4 Å². The number of hydrogen-bond donors (Lipinski definition) is 0.